The number of halogens is 2. The predicted molar refractivity (Wildman–Crippen MR) is 106 cm³/mol. The molecule has 0 radical (unpaired) electrons. The van der Waals surface area contributed by atoms with Crippen LogP contribution in [0.2, 0.25) is 0 Å². The van der Waals surface area contributed by atoms with Crippen LogP contribution in [0.15, 0.2) is 24.5 Å². The Labute approximate surface area is 163 Å². The summed E-state index contributed by atoms with van der Waals surface area (Å²) in [5.41, 5.74) is 1.30. The molecule has 5 nitrogen and oxygen atoms in total. The molecule has 0 spiro atoms. The van der Waals surface area contributed by atoms with Crippen molar-refractivity contribution in [2.24, 2.45) is 5.92 Å². The van der Waals surface area contributed by atoms with Crippen LogP contribution in [-0.2, 0) is 11.2 Å². The zero-order chi connectivity index (χ0) is 15.9. The fraction of sp³-hybridized carbons (Fsp3) is 0.667. The van der Waals surface area contributed by atoms with E-state index in [1.165, 1.54) is 24.9 Å². The number of rotatable bonds is 6. The second-order valence-electron chi connectivity index (χ2n) is 6.81. The highest BCUT2D eigenvalue weighted by molar-refractivity contribution is 5.85. The lowest BCUT2D eigenvalue weighted by molar-refractivity contribution is -0.123. The summed E-state index contributed by atoms with van der Waals surface area (Å²) in [7, 11) is 0. The Morgan fingerprint density at radius 2 is 2.20 bits per heavy atom. The lowest BCUT2D eigenvalue weighted by Gasteiger charge is -2.33. The highest BCUT2D eigenvalue weighted by Gasteiger charge is 2.24. The highest BCUT2D eigenvalue weighted by atomic mass is 35.5. The van der Waals surface area contributed by atoms with Gasteiger partial charge >= 0.3 is 0 Å². The Morgan fingerprint density at radius 3 is 2.92 bits per heavy atom. The van der Waals surface area contributed by atoms with Crippen molar-refractivity contribution in [3.8, 4) is 0 Å². The maximum atomic E-state index is 12.1. The van der Waals surface area contributed by atoms with E-state index in [0.29, 0.717) is 5.92 Å². The first kappa shape index (κ1) is 22.2. The third-order valence-corrected chi connectivity index (χ3v) is 4.98. The number of carbonyl (C=O) groups excluding carboxylic acids is 1. The average Bonchev–Trinajstić information content (AvgIpc) is 3.14. The van der Waals surface area contributed by atoms with Crippen LogP contribution >= 0.6 is 24.8 Å². The van der Waals surface area contributed by atoms with E-state index in [9.17, 15) is 4.79 Å². The second kappa shape index (κ2) is 11.7. The molecule has 1 amide bonds. The molecule has 0 bridgehead atoms. The molecule has 0 aromatic carbocycles. The molecule has 2 atom stereocenters. The van der Waals surface area contributed by atoms with Gasteiger partial charge in [0.1, 0.15) is 0 Å². The van der Waals surface area contributed by atoms with Crippen molar-refractivity contribution in [1.82, 2.24) is 20.5 Å². The molecule has 142 valence electrons. The number of piperidine rings is 1. The maximum absolute atomic E-state index is 12.1. The Hall–Kier alpha value is -0.880. The molecule has 1 aromatic rings. The van der Waals surface area contributed by atoms with Gasteiger partial charge in [0.15, 0.2) is 0 Å². The zero-order valence-corrected chi connectivity index (χ0v) is 16.3. The summed E-state index contributed by atoms with van der Waals surface area (Å²) in [4.78, 5) is 18.8. The molecule has 25 heavy (non-hydrogen) atoms. The number of hydrogen-bond acceptors (Lipinski definition) is 4. The highest BCUT2D eigenvalue weighted by Crippen LogP contribution is 2.16. The number of nitrogens with zero attached hydrogens (tertiary/aromatic N) is 2. The third-order valence-electron chi connectivity index (χ3n) is 4.98. The monoisotopic (exact) mass is 388 g/mol. The standard InChI is InChI=1S/C18H28N4O.2ClH/c23-18(17-6-2-9-20-17)21-13-16-5-3-10-22(14-16)11-7-15-4-1-8-19-12-15;;/h1,4,8,12,16-17,20H,2-3,5-7,9-11,13-14H2,(H,21,23);2*1H. The van der Waals surface area contributed by atoms with E-state index < -0.39 is 0 Å². The van der Waals surface area contributed by atoms with Crippen molar-refractivity contribution in [2.45, 2.75) is 38.1 Å². The van der Waals surface area contributed by atoms with Crippen LogP contribution in [0.25, 0.3) is 0 Å². The van der Waals surface area contributed by atoms with Gasteiger partial charge in [0.25, 0.3) is 0 Å². The van der Waals surface area contributed by atoms with Crippen LogP contribution in [0.5, 0.6) is 0 Å². The molecule has 2 saturated heterocycles. The molecule has 7 heteroatoms. The smallest absolute Gasteiger partial charge is 0.237 e. The first-order chi connectivity index (χ1) is 11.3. The molecule has 2 N–H and O–H groups in total. The third kappa shape index (κ3) is 7.10. The van der Waals surface area contributed by atoms with Crippen LogP contribution in [0.1, 0.15) is 31.2 Å². The number of aromatic nitrogens is 1. The van der Waals surface area contributed by atoms with Gasteiger partial charge in [0.05, 0.1) is 6.04 Å². The van der Waals surface area contributed by atoms with Crippen LogP contribution in [0.4, 0.5) is 0 Å². The zero-order valence-electron chi connectivity index (χ0n) is 14.7. The van der Waals surface area contributed by atoms with Crippen molar-refractivity contribution >= 4 is 30.7 Å². The molecule has 3 rings (SSSR count). The SMILES string of the molecule is Cl.Cl.O=C(NCC1CCCN(CCc2cccnc2)C1)C1CCCN1. The maximum Gasteiger partial charge on any atom is 0.237 e. The van der Waals surface area contributed by atoms with E-state index in [0.717, 1.165) is 45.4 Å². The number of nitrogens with one attached hydrogen (secondary N) is 2. The Morgan fingerprint density at radius 1 is 1.32 bits per heavy atom. The number of pyridine rings is 1. The summed E-state index contributed by atoms with van der Waals surface area (Å²) >= 11 is 0. The van der Waals surface area contributed by atoms with Crippen LogP contribution in [0.3, 0.4) is 0 Å². The van der Waals surface area contributed by atoms with Crippen molar-refractivity contribution < 1.29 is 4.79 Å². The largest absolute Gasteiger partial charge is 0.354 e. The number of likely N-dealkylation sites (tertiary alicyclic amines) is 1. The fourth-order valence-corrected chi connectivity index (χ4v) is 3.63. The van der Waals surface area contributed by atoms with Crippen LogP contribution in [0, 0.1) is 5.92 Å². The van der Waals surface area contributed by atoms with Gasteiger partial charge in [-0.3, -0.25) is 9.78 Å². The Kier molecular flexibility index (Phi) is 10.4. The Balaban J connectivity index is 0.00000156. The second-order valence-corrected chi connectivity index (χ2v) is 6.81. The van der Waals surface area contributed by atoms with Gasteiger partial charge in [-0.15, -0.1) is 24.8 Å². The van der Waals surface area contributed by atoms with Gasteiger partial charge in [-0.25, -0.2) is 0 Å². The number of hydrogen-bond donors (Lipinski definition) is 2. The number of amides is 1. The summed E-state index contributed by atoms with van der Waals surface area (Å²) in [5, 5.41) is 6.41. The molecule has 2 aliphatic heterocycles. The van der Waals surface area contributed by atoms with Gasteiger partial charge in [-0.2, -0.15) is 0 Å². The lowest BCUT2D eigenvalue weighted by Crippen LogP contribution is -2.45. The lowest BCUT2D eigenvalue weighted by atomic mass is 9.97. The predicted octanol–water partition coefficient (Wildman–Crippen LogP) is 2.05. The topological polar surface area (TPSA) is 57.3 Å². The number of carbonyl (C=O) groups is 1. The van der Waals surface area contributed by atoms with E-state index >= 15 is 0 Å². The van der Waals surface area contributed by atoms with Gasteiger partial charge < -0.3 is 15.5 Å². The molecule has 2 unspecified atom stereocenters. The van der Waals surface area contributed by atoms with Crippen molar-refractivity contribution in [3.63, 3.8) is 0 Å². The van der Waals surface area contributed by atoms with Crippen LogP contribution in [-0.4, -0.2) is 54.6 Å². The normalized spacial score (nSPS) is 23.4. The van der Waals surface area contributed by atoms with Crippen molar-refractivity contribution in [3.05, 3.63) is 30.1 Å². The quantitative estimate of drug-likeness (QED) is 0.782. The van der Waals surface area contributed by atoms with Crippen molar-refractivity contribution in [2.75, 3.05) is 32.7 Å². The molecule has 3 heterocycles. The summed E-state index contributed by atoms with van der Waals surface area (Å²) in [6.07, 6.45) is 9.38. The summed E-state index contributed by atoms with van der Waals surface area (Å²) in [6, 6.07) is 4.18. The molecule has 2 fully saturated rings. The van der Waals surface area contributed by atoms with Gasteiger partial charge in [-0.1, -0.05) is 6.07 Å². The van der Waals surface area contributed by atoms with E-state index in [1.54, 1.807) is 0 Å². The van der Waals surface area contributed by atoms with Crippen molar-refractivity contribution in [1.29, 1.82) is 0 Å². The van der Waals surface area contributed by atoms with E-state index in [4.69, 9.17) is 0 Å². The molecule has 1 aromatic heterocycles. The van der Waals surface area contributed by atoms with E-state index in [1.807, 2.05) is 18.5 Å². The minimum atomic E-state index is 0. The first-order valence-corrected chi connectivity index (χ1v) is 8.93. The molecular formula is C18H30Cl2N4O. The van der Waals surface area contributed by atoms with Gasteiger partial charge in [0, 0.05) is 32.0 Å². The molecule has 2 aliphatic rings. The summed E-state index contributed by atoms with van der Waals surface area (Å²) < 4.78 is 0. The van der Waals surface area contributed by atoms with E-state index in [-0.39, 0.29) is 36.8 Å². The fourth-order valence-electron chi connectivity index (χ4n) is 3.63. The molecular weight excluding hydrogens is 359 g/mol. The van der Waals surface area contributed by atoms with Gasteiger partial charge in [-0.05, 0) is 62.7 Å². The molecule has 0 aliphatic carbocycles. The molecule has 0 saturated carbocycles. The minimum absolute atomic E-state index is 0. The minimum Gasteiger partial charge on any atom is -0.354 e. The van der Waals surface area contributed by atoms with Gasteiger partial charge in [0.2, 0.25) is 5.91 Å². The summed E-state index contributed by atoms with van der Waals surface area (Å²) in [5.74, 6) is 0.776. The first-order valence-electron chi connectivity index (χ1n) is 8.93. The summed E-state index contributed by atoms with van der Waals surface area (Å²) in [6.45, 7) is 5.15. The van der Waals surface area contributed by atoms with Crippen LogP contribution < -0.4 is 10.6 Å². The average molecular weight is 389 g/mol. The van der Waals surface area contributed by atoms with E-state index in [2.05, 4.69) is 26.6 Å². The Bertz CT molecular complexity index is 497.